The average molecular weight is 340 g/mol. The number of hydrogen-bond acceptors (Lipinski definition) is 3. The molecule has 0 radical (unpaired) electrons. The number of carbonyl (C=O) groups is 1. The summed E-state index contributed by atoms with van der Waals surface area (Å²) in [4.78, 5) is 20.0. The van der Waals surface area contributed by atoms with E-state index in [2.05, 4.69) is 20.4 Å². The fraction of sp³-hybridized carbons (Fsp3) is 0.118. The maximum atomic E-state index is 12.6. The smallest absolute Gasteiger partial charge is 0.273 e. The van der Waals surface area contributed by atoms with Gasteiger partial charge in [-0.2, -0.15) is 5.10 Å². The molecule has 3 heterocycles. The molecule has 4 rings (SSSR count). The highest BCUT2D eigenvalue weighted by Crippen LogP contribution is 2.33. The van der Waals surface area contributed by atoms with Gasteiger partial charge in [-0.15, -0.1) is 0 Å². The van der Waals surface area contributed by atoms with Crippen molar-refractivity contribution >= 4 is 45.0 Å². The largest absolute Gasteiger partial charge is 0.352 e. The fourth-order valence-electron chi connectivity index (χ4n) is 2.93. The molecule has 0 saturated carbocycles. The van der Waals surface area contributed by atoms with E-state index in [4.69, 9.17) is 11.6 Å². The van der Waals surface area contributed by atoms with Crippen LogP contribution in [0.3, 0.4) is 0 Å². The molecule has 2 N–H and O–H groups in total. The number of rotatable bonds is 2. The zero-order valence-corrected chi connectivity index (χ0v) is 13.8. The summed E-state index contributed by atoms with van der Waals surface area (Å²) in [6.07, 6.45) is 3.48. The van der Waals surface area contributed by atoms with Gasteiger partial charge in [0.2, 0.25) is 0 Å². The maximum Gasteiger partial charge on any atom is 0.273 e. The first-order valence-electron chi connectivity index (χ1n) is 7.40. The summed E-state index contributed by atoms with van der Waals surface area (Å²) >= 11 is 6.25. The molecule has 7 heteroatoms. The molecule has 0 saturated heterocycles. The minimum Gasteiger partial charge on any atom is -0.352 e. The molecule has 24 heavy (non-hydrogen) atoms. The van der Waals surface area contributed by atoms with Gasteiger partial charge >= 0.3 is 0 Å². The third-order valence-corrected chi connectivity index (χ3v) is 4.18. The van der Waals surface area contributed by atoms with Gasteiger partial charge < -0.3 is 10.3 Å². The second-order valence-corrected chi connectivity index (χ2v) is 6.11. The van der Waals surface area contributed by atoms with Crippen molar-refractivity contribution in [2.75, 3.05) is 5.32 Å². The molecule has 0 fully saturated rings. The zero-order valence-electron chi connectivity index (χ0n) is 13.1. The summed E-state index contributed by atoms with van der Waals surface area (Å²) in [6, 6.07) is 7.26. The van der Waals surface area contributed by atoms with Gasteiger partial charge in [0.1, 0.15) is 5.69 Å². The highest BCUT2D eigenvalue weighted by atomic mass is 35.5. The molecule has 0 aliphatic heterocycles. The van der Waals surface area contributed by atoms with Crippen molar-refractivity contribution in [1.82, 2.24) is 19.7 Å². The number of fused-ring (bicyclic) bond motifs is 3. The predicted octanol–water partition coefficient (Wildman–Crippen LogP) is 3.66. The fourth-order valence-corrected chi connectivity index (χ4v) is 3.14. The molecule has 0 aliphatic rings. The van der Waals surface area contributed by atoms with Crippen LogP contribution in [0, 0.1) is 6.92 Å². The normalized spacial score (nSPS) is 11.3. The van der Waals surface area contributed by atoms with E-state index < -0.39 is 0 Å². The van der Waals surface area contributed by atoms with Gasteiger partial charge in [-0.05, 0) is 31.2 Å². The molecule has 1 amide bonds. The van der Waals surface area contributed by atoms with Crippen LogP contribution in [0.15, 0.2) is 36.7 Å². The molecule has 120 valence electrons. The van der Waals surface area contributed by atoms with Crippen molar-refractivity contribution in [3.63, 3.8) is 0 Å². The van der Waals surface area contributed by atoms with Crippen molar-refractivity contribution in [3.8, 4) is 0 Å². The molecular formula is C17H14ClN5O. The number of nitrogens with one attached hydrogen (secondary N) is 2. The third-order valence-electron chi connectivity index (χ3n) is 3.96. The second kappa shape index (κ2) is 5.35. The van der Waals surface area contributed by atoms with Crippen LogP contribution in [0.5, 0.6) is 0 Å². The van der Waals surface area contributed by atoms with E-state index in [9.17, 15) is 4.79 Å². The minimum atomic E-state index is -0.238. The van der Waals surface area contributed by atoms with Gasteiger partial charge in [0.05, 0.1) is 28.6 Å². The Labute approximate surface area is 142 Å². The number of H-pyrrole nitrogens is 1. The van der Waals surface area contributed by atoms with Crippen molar-refractivity contribution < 1.29 is 4.79 Å². The van der Waals surface area contributed by atoms with Crippen LogP contribution >= 0.6 is 11.6 Å². The van der Waals surface area contributed by atoms with Gasteiger partial charge in [-0.3, -0.25) is 14.5 Å². The lowest BCUT2D eigenvalue weighted by molar-refractivity contribution is 0.101. The first-order valence-corrected chi connectivity index (χ1v) is 7.77. The first-order chi connectivity index (χ1) is 11.5. The topological polar surface area (TPSA) is 75.6 Å². The van der Waals surface area contributed by atoms with Crippen LogP contribution in [0.1, 0.15) is 16.2 Å². The number of aryl methyl sites for hydroxylation is 2. The number of nitrogens with zero attached hydrogens (tertiary/aromatic N) is 3. The van der Waals surface area contributed by atoms with Crippen molar-refractivity contribution in [3.05, 3.63) is 53.1 Å². The van der Waals surface area contributed by atoms with E-state index in [0.717, 1.165) is 27.5 Å². The van der Waals surface area contributed by atoms with E-state index in [1.807, 2.05) is 19.1 Å². The SMILES string of the molecule is Cc1cc(C(=O)Nc2cc(Cl)cc3c2[nH]c2cnccc23)n(C)n1. The minimum absolute atomic E-state index is 0.238. The molecule has 0 atom stereocenters. The molecular weight excluding hydrogens is 326 g/mol. The Morgan fingerprint density at radius 3 is 2.88 bits per heavy atom. The van der Waals surface area contributed by atoms with E-state index in [1.54, 1.807) is 36.3 Å². The number of halogens is 1. The molecule has 4 aromatic rings. The van der Waals surface area contributed by atoms with Crippen LogP contribution < -0.4 is 5.32 Å². The number of pyridine rings is 1. The Morgan fingerprint density at radius 1 is 1.29 bits per heavy atom. The van der Waals surface area contributed by atoms with Crippen molar-refractivity contribution in [1.29, 1.82) is 0 Å². The van der Waals surface area contributed by atoms with Gasteiger partial charge in [0, 0.05) is 29.0 Å². The molecule has 0 spiro atoms. The number of hydrogen-bond donors (Lipinski definition) is 2. The number of amides is 1. The summed E-state index contributed by atoms with van der Waals surface area (Å²) in [5.41, 5.74) is 3.60. The summed E-state index contributed by atoms with van der Waals surface area (Å²) in [7, 11) is 1.74. The van der Waals surface area contributed by atoms with Gasteiger partial charge in [0.15, 0.2) is 0 Å². The van der Waals surface area contributed by atoms with E-state index in [0.29, 0.717) is 16.4 Å². The van der Waals surface area contributed by atoms with Crippen LogP contribution in [0.2, 0.25) is 5.02 Å². The number of aromatic nitrogens is 4. The molecule has 0 unspecified atom stereocenters. The van der Waals surface area contributed by atoms with Crippen LogP contribution in [0.25, 0.3) is 21.8 Å². The Hall–Kier alpha value is -2.86. The van der Waals surface area contributed by atoms with Crippen molar-refractivity contribution in [2.45, 2.75) is 6.92 Å². The number of aromatic amines is 1. The number of anilines is 1. The first kappa shape index (κ1) is 14.7. The van der Waals surface area contributed by atoms with Crippen LogP contribution in [-0.2, 0) is 7.05 Å². The Bertz CT molecular complexity index is 1100. The Balaban J connectivity index is 1.84. The highest BCUT2D eigenvalue weighted by Gasteiger charge is 2.16. The van der Waals surface area contributed by atoms with E-state index in [1.165, 1.54) is 0 Å². The monoisotopic (exact) mass is 339 g/mol. The lowest BCUT2D eigenvalue weighted by Gasteiger charge is -2.07. The molecule has 0 aliphatic carbocycles. The Morgan fingerprint density at radius 2 is 2.12 bits per heavy atom. The highest BCUT2D eigenvalue weighted by molar-refractivity contribution is 6.33. The van der Waals surface area contributed by atoms with E-state index >= 15 is 0 Å². The van der Waals surface area contributed by atoms with Crippen LogP contribution in [-0.4, -0.2) is 25.7 Å². The summed E-state index contributed by atoms with van der Waals surface area (Å²) < 4.78 is 1.56. The maximum absolute atomic E-state index is 12.6. The predicted molar refractivity (Wildman–Crippen MR) is 94.5 cm³/mol. The van der Waals surface area contributed by atoms with Gasteiger partial charge in [0.25, 0.3) is 5.91 Å². The molecule has 0 bridgehead atoms. The average Bonchev–Trinajstić information content (AvgIpc) is 3.07. The van der Waals surface area contributed by atoms with E-state index in [-0.39, 0.29) is 5.91 Å². The second-order valence-electron chi connectivity index (χ2n) is 5.67. The molecule has 6 nitrogen and oxygen atoms in total. The lowest BCUT2D eigenvalue weighted by atomic mass is 10.1. The quantitative estimate of drug-likeness (QED) is 0.585. The summed E-state index contributed by atoms with van der Waals surface area (Å²) in [6.45, 7) is 1.85. The molecule has 1 aromatic carbocycles. The third kappa shape index (κ3) is 2.32. The molecule has 3 aromatic heterocycles. The van der Waals surface area contributed by atoms with Crippen LogP contribution in [0.4, 0.5) is 5.69 Å². The zero-order chi connectivity index (χ0) is 16.8. The number of benzene rings is 1. The van der Waals surface area contributed by atoms with Gasteiger partial charge in [-0.1, -0.05) is 11.6 Å². The summed E-state index contributed by atoms with van der Waals surface area (Å²) in [5.74, 6) is -0.238. The van der Waals surface area contributed by atoms with Gasteiger partial charge in [-0.25, -0.2) is 0 Å². The number of carbonyl (C=O) groups excluding carboxylic acids is 1. The lowest BCUT2D eigenvalue weighted by Crippen LogP contribution is -2.16. The summed E-state index contributed by atoms with van der Waals surface area (Å²) in [5, 5.41) is 9.63. The standard InChI is InChI=1S/C17H14ClN5O/c1-9-5-15(23(2)22-9)17(24)21-13-7-10(18)6-12-11-3-4-19-8-14(11)20-16(12)13/h3-8,20H,1-2H3,(H,21,24). The van der Waals surface area contributed by atoms with Crippen molar-refractivity contribution in [2.24, 2.45) is 7.05 Å². The Kier molecular flexibility index (Phi) is 3.28.